The molecule has 0 heterocycles. The third-order valence-electron chi connectivity index (χ3n) is 5.46. The van der Waals surface area contributed by atoms with Crippen LogP contribution < -0.4 is 9.62 Å². The average molecular weight is 582 g/mol. The number of amides is 2. The Kier molecular flexibility index (Phi) is 10.7. The summed E-state index contributed by atoms with van der Waals surface area (Å²) in [5.74, 6) is -1.27. The van der Waals surface area contributed by atoms with Gasteiger partial charge < -0.3 is 10.2 Å². The molecule has 0 spiro atoms. The van der Waals surface area contributed by atoms with Gasteiger partial charge in [-0.1, -0.05) is 55.2 Å². The summed E-state index contributed by atoms with van der Waals surface area (Å²) in [7, 11) is -4.27. The van der Waals surface area contributed by atoms with Gasteiger partial charge in [0.2, 0.25) is 21.8 Å². The molecule has 1 N–H and O–H groups in total. The number of carbonyl (C=O) groups is 2. The zero-order valence-corrected chi connectivity index (χ0v) is 22.8. The quantitative estimate of drug-likeness (QED) is 0.399. The van der Waals surface area contributed by atoms with E-state index in [1.165, 1.54) is 4.90 Å². The fourth-order valence-corrected chi connectivity index (χ4v) is 4.89. The second kappa shape index (κ2) is 12.8. The molecule has 204 valence electrons. The van der Waals surface area contributed by atoms with Crippen LogP contribution in [0.2, 0.25) is 10.0 Å². The summed E-state index contributed by atoms with van der Waals surface area (Å²) in [5, 5.41) is 2.75. The van der Waals surface area contributed by atoms with E-state index in [1.807, 2.05) is 6.92 Å². The molecule has 37 heavy (non-hydrogen) atoms. The Bertz CT molecular complexity index is 1230. The number of carbonyl (C=O) groups excluding carboxylic acids is 2. The van der Waals surface area contributed by atoms with Gasteiger partial charge in [0.05, 0.1) is 22.5 Å². The number of alkyl halides is 3. The number of halogens is 5. The molecule has 7 nitrogen and oxygen atoms in total. The first-order valence-corrected chi connectivity index (χ1v) is 14.0. The average Bonchev–Trinajstić information content (AvgIpc) is 2.81. The van der Waals surface area contributed by atoms with E-state index in [0.717, 1.165) is 12.3 Å². The van der Waals surface area contributed by atoms with Gasteiger partial charge in [-0.05, 0) is 42.7 Å². The Balaban J connectivity index is 2.54. The number of nitrogens with zero attached hydrogens (tertiary/aromatic N) is 2. The molecule has 0 aliphatic carbocycles. The van der Waals surface area contributed by atoms with Crippen LogP contribution >= 0.6 is 23.2 Å². The smallest absolute Gasteiger partial charge is 0.354 e. The third-order valence-corrected chi connectivity index (χ3v) is 7.27. The number of benzene rings is 2. The number of anilines is 1. The van der Waals surface area contributed by atoms with E-state index in [9.17, 15) is 31.2 Å². The lowest BCUT2D eigenvalue weighted by Crippen LogP contribution is -2.52. The Morgan fingerprint density at radius 2 is 1.70 bits per heavy atom. The Hall–Kier alpha value is -2.50. The molecule has 0 saturated carbocycles. The molecule has 0 aromatic heterocycles. The molecule has 0 aliphatic heterocycles. The summed E-state index contributed by atoms with van der Waals surface area (Å²) in [6.07, 6.45) is -3.18. The van der Waals surface area contributed by atoms with Crippen LogP contribution in [0.15, 0.2) is 42.5 Å². The molecule has 0 unspecified atom stereocenters. The van der Waals surface area contributed by atoms with Crippen LogP contribution in [-0.4, -0.2) is 50.5 Å². The highest BCUT2D eigenvalue weighted by Crippen LogP contribution is 2.36. The van der Waals surface area contributed by atoms with E-state index < -0.39 is 51.9 Å². The minimum atomic E-state index is -4.77. The summed E-state index contributed by atoms with van der Waals surface area (Å²) >= 11 is 12.3. The zero-order valence-electron chi connectivity index (χ0n) is 20.5. The molecular formula is C24H28Cl2F3N3O4S. The molecule has 2 amide bonds. The number of nitrogens with one attached hydrogen (secondary N) is 1. The van der Waals surface area contributed by atoms with Gasteiger partial charge in [-0.2, -0.15) is 13.2 Å². The summed E-state index contributed by atoms with van der Waals surface area (Å²) in [4.78, 5) is 27.7. The third kappa shape index (κ3) is 8.24. The highest BCUT2D eigenvalue weighted by Gasteiger charge is 2.35. The fourth-order valence-electron chi connectivity index (χ4n) is 3.57. The normalized spacial score (nSPS) is 12.6. The Morgan fingerprint density at radius 3 is 2.24 bits per heavy atom. The van der Waals surface area contributed by atoms with Crippen molar-refractivity contribution in [2.75, 3.05) is 23.7 Å². The van der Waals surface area contributed by atoms with E-state index in [4.69, 9.17) is 23.2 Å². The summed E-state index contributed by atoms with van der Waals surface area (Å²) in [6.45, 7) is 2.88. The van der Waals surface area contributed by atoms with Crippen molar-refractivity contribution in [3.63, 3.8) is 0 Å². The minimum Gasteiger partial charge on any atom is -0.354 e. The molecule has 13 heteroatoms. The van der Waals surface area contributed by atoms with E-state index in [1.54, 1.807) is 31.2 Å². The van der Waals surface area contributed by atoms with Gasteiger partial charge in [0.15, 0.2) is 0 Å². The first kappa shape index (κ1) is 30.7. The summed E-state index contributed by atoms with van der Waals surface area (Å²) < 4.78 is 65.8. The van der Waals surface area contributed by atoms with Crippen molar-refractivity contribution >= 4 is 50.7 Å². The topological polar surface area (TPSA) is 86.8 Å². The van der Waals surface area contributed by atoms with Crippen LogP contribution in [0.3, 0.4) is 0 Å². The van der Waals surface area contributed by atoms with Crippen LogP contribution in [0, 0.1) is 0 Å². The SMILES string of the molecule is CCCNC(=O)[C@H](CC)N(Cc1ccccc1Cl)C(=O)CN(c1cc(C(F)(F)F)ccc1Cl)S(C)(=O)=O. The molecule has 1 atom stereocenters. The van der Waals surface area contributed by atoms with Crippen LogP contribution in [0.25, 0.3) is 0 Å². The van der Waals surface area contributed by atoms with Crippen molar-refractivity contribution in [2.45, 2.75) is 45.5 Å². The van der Waals surface area contributed by atoms with Gasteiger partial charge in [-0.15, -0.1) is 0 Å². The zero-order chi connectivity index (χ0) is 28.0. The highest BCUT2D eigenvalue weighted by atomic mass is 35.5. The maximum absolute atomic E-state index is 13.6. The van der Waals surface area contributed by atoms with Crippen molar-refractivity contribution in [2.24, 2.45) is 0 Å². The van der Waals surface area contributed by atoms with Gasteiger partial charge in [-0.25, -0.2) is 8.42 Å². The minimum absolute atomic E-state index is 0.134. The van der Waals surface area contributed by atoms with Crippen LogP contribution in [0.4, 0.5) is 18.9 Å². The largest absolute Gasteiger partial charge is 0.416 e. The van der Waals surface area contributed by atoms with Crippen molar-refractivity contribution in [1.29, 1.82) is 0 Å². The summed E-state index contributed by atoms with van der Waals surface area (Å²) in [5.41, 5.74) is -1.14. The predicted molar refractivity (Wildman–Crippen MR) is 138 cm³/mol. The van der Waals surface area contributed by atoms with Gasteiger partial charge in [0.25, 0.3) is 0 Å². The van der Waals surface area contributed by atoms with Gasteiger partial charge >= 0.3 is 6.18 Å². The molecule has 0 saturated heterocycles. The second-order valence-corrected chi connectivity index (χ2v) is 11.0. The highest BCUT2D eigenvalue weighted by molar-refractivity contribution is 7.92. The Labute approximate surface area is 224 Å². The number of rotatable bonds is 11. The molecule has 0 aliphatic rings. The lowest BCUT2D eigenvalue weighted by atomic mass is 10.1. The van der Waals surface area contributed by atoms with Gasteiger partial charge in [0, 0.05) is 18.1 Å². The van der Waals surface area contributed by atoms with Gasteiger partial charge in [-0.3, -0.25) is 13.9 Å². The van der Waals surface area contributed by atoms with E-state index >= 15 is 0 Å². The van der Waals surface area contributed by atoms with Gasteiger partial charge in [0.1, 0.15) is 12.6 Å². The Morgan fingerprint density at radius 1 is 1.05 bits per heavy atom. The monoisotopic (exact) mass is 581 g/mol. The van der Waals surface area contributed by atoms with Crippen molar-refractivity contribution in [3.05, 3.63) is 63.6 Å². The molecule has 0 radical (unpaired) electrons. The van der Waals surface area contributed by atoms with E-state index in [-0.39, 0.29) is 18.0 Å². The first-order chi connectivity index (χ1) is 17.2. The molecule has 0 bridgehead atoms. The maximum Gasteiger partial charge on any atom is 0.416 e. The first-order valence-electron chi connectivity index (χ1n) is 11.4. The van der Waals surface area contributed by atoms with Crippen LogP contribution in [-0.2, 0) is 32.3 Å². The second-order valence-electron chi connectivity index (χ2n) is 8.26. The molecule has 2 aromatic rings. The maximum atomic E-state index is 13.6. The number of sulfonamides is 1. The number of hydrogen-bond donors (Lipinski definition) is 1. The lowest BCUT2D eigenvalue weighted by molar-refractivity contribution is -0.140. The lowest BCUT2D eigenvalue weighted by Gasteiger charge is -2.33. The van der Waals surface area contributed by atoms with Crippen LogP contribution in [0.1, 0.15) is 37.8 Å². The van der Waals surface area contributed by atoms with Crippen molar-refractivity contribution < 1.29 is 31.2 Å². The standard InChI is InChI=1S/C24H28Cl2F3N3O4S/c1-4-12-30-23(34)20(5-2)31(14-16-8-6-7-9-18(16)25)22(33)15-32(37(3,35)36)21-13-17(24(27,28)29)10-11-19(21)26/h6-11,13,20H,4-5,12,14-15H2,1-3H3,(H,30,34)/t20-/m0/s1. The predicted octanol–water partition coefficient (Wildman–Crippen LogP) is 5.11. The molecule has 0 fully saturated rings. The molecule has 2 aromatic carbocycles. The van der Waals surface area contributed by atoms with Crippen molar-refractivity contribution in [3.8, 4) is 0 Å². The summed E-state index contributed by atoms with van der Waals surface area (Å²) in [6, 6.07) is 7.83. The fraction of sp³-hybridized carbons (Fsp3) is 0.417. The van der Waals surface area contributed by atoms with E-state index in [2.05, 4.69) is 5.32 Å². The molecular weight excluding hydrogens is 554 g/mol. The van der Waals surface area contributed by atoms with E-state index in [0.29, 0.717) is 40.0 Å². The molecule has 2 rings (SSSR count). The van der Waals surface area contributed by atoms with Crippen LogP contribution in [0.5, 0.6) is 0 Å². The van der Waals surface area contributed by atoms with Crippen molar-refractivity contribution in [1.82, 2.24) is 10.2 Å². The number of hydrogen-bond acceptors (Lipinski definition) is 4.